The van der Waals surface area contributed by atoms with Crippen molar-refractivity contribution in [3.8, 4) is 5.75 Å². The molecule has 1 amide bonds. The van der Waals surface area contributed by atoms with Gasteiger partial charge < -0.3 is 15.4 Å². The summed E-state index contributed by atoms with van der Waals surface area (Å²) < 4.78 is 5.06. The SMILES string of the molecule is COc1cc([N+](=O)[O-])c(N)cc1C(=O)N1CCCC1. The molecule has 0 bridgehead atoms. The summed E-state index contributed by atoms with van der Waals surface area (Å²) in [6.07, 6.45) is 1.94. The van der Waals surface area contributed by atoms with Crippen LogP contribution >= 0.6 is 0 Å². The van der Waals surface area contributed by atoms with Crippen LogP contribution in [0.2, 0.25) is 0 Å². The number of hydrogen-bond donors (Lipinski definition) is 1. The first-order valence-corrected chi connectivity index (χ1v) is 5.95. The van der Waals surface area contributed by atoms with Crippen LogP contribution in [0.5, 0.6) is 5.75 Å². The molecule has 0 unspecified atom stereocenters. The summed E-state index contributed by atoms with van der Waals surface area (Å²) in [6.45, 7) is 1.39. The van der Waals surface area contributed by atoms with E-state index in [2.05, 4.69) is 0 Å². The van der Waals surface area contributed by atoms with Crippen LogP contribution in [-0.2, 0) is 0 Å². The van der Waals surface area contributed by atoms with Gasteiger partial charge in [-0.25, -0.2) is 0 Å². The van der Waals surface area contributed by atoms with Crippen molar-refractivity contribution in [2.75, 3.05) is 25.9 Å². The maximum atomic E-state index is 12.3. The number of anilines is 1. The molecule has 1 aromatic carbocycles. The Morgan fingerprint density at radius 2 is 2.05 bits per heavy atom. The number of nitro benzene ring substituents is 1. The lowest BCUT2D eigenvalue weighted by Crippen LogP contribution is -2.28. The van der Waals surface area contributed by atoms with Gasteiger partial charge in [-0.2, -0.15) is 0 Å². The maximum Gasteiger partial charge on any atom is 0.295 e. The van der Waals surface area contributed by atoms with E-state index < -0.39 is 4.92 Å². The highest BCUT2D eigenvalue weighted by Crippen LogP contribution is 2.32. The number of rotatable bonds is 3. The summed E-state index contributed by atoms with van der Waals surface area (Å²) in [5.74, 6) is -0.0197. The number of hydrogen-bond acceptors (Lipinski definition) is 5. The number of ether oxygens (including phenoxy) is 1. The van der Waals surface area contributed by atoms with Gasteiger partial charge in [-0.05, 0) is 18.9 Å². The van der Waals surface area contributed by atoms with Gasteiger partial charge >= 0.3 is 0 Å². The lowest BCUT2D eigenvalue weighted by Gasteiger charge is -2.17. The molecule has 1 aliphatic rings. The lowest BCUT2D eigenvalue weighted by atomic mass is 10.1. The first-order valence-electron chi connectivity index (χ1n) is 5.95. The van der Waals surface area contributed by atoms with Gasteiger partial charge in [0, 0.05) is 13.1 Å². The number of likely N-dealkylation sites (tertiary alicyclic amines) is 1. The Bertz CT molecular complexity index is 524. The van der Waals surface area contributed by atoms with Gasteiger partial charge in [0.2, 0.25) is 0 Å². The molecular formula is C12H15N3O4. The monoisotopic (exact) mass is 265 g/mol. The highest BCUT2D eigenvalue weighted by Gasteiger charge is 2.25. The number of amides is 1. The lowest BCUT2D eigenvalue weighted by molar-refractivity contribution is -0.384. The largest absolute Gasteiger partial charge is 0.496 e. The minimum Gasteiger partial charge on any atom is -0.496 e. The topological polar surface area (TPSA) is 98.7 Å². The Labute approximate surface area is 110 Å². The van der Waals surface area contributed by atoms with Crippen molar-refractivity contribution in [2.24, 2.45) is 0 Å². The molecule has 0 spiro atoms. The van der Waals surface area contributed by atoms with Gasteiger partial charge in [0.25, 0.3) is 11.6 Å². The molecule has 0 saturated carbocycles. The van der Waals surface area contributed by atoms with E-state index in [4.69, 9.17) is 10.5 Å². The summed E-state index contributed by atoms with van der Waals surface area (Å²) in [5.41, 5.74) is 5.60. The van der Waals surface area contributed by atoms with Crippen molar-refractivity contribution in [1.82, 2.24) is 4.90 Å². The van der Waals surface area contributed by atoms with E-state index in [0.717, 1.165) is 12.8 Å². The predicted octanol–water partition coefficient (Wildman–Crippen LogP) is 1.42. The summed E-state index contributed by atoms with van der Waals surface area (Å²) in [5, 5.41) is 10.8. The average molecular weight is 265 g/mol. The molecule has 0 aromatic heterocycles. The number of carbonyl (C=O) groups is 1. The molecule has 1 aliphatic heterocycles. The smallest absolute Gasteiger partial charge is 0.295 e. The van der Waals surface area contributed by atoms with E-state index in [9.17, 15) is 14.9 Å². The Kier molecular flexibility index (Phi) is 3.55. The third-order valence-electron chi connectivity index (χ3n) is 3.17. The van der Waals surface area contributed by atoms with Crippen molar-refractivity contribution >= 4 is 17.3 Å². The highest BCUT2D eigenvalue weighted by molar-refractivity contribution is 5.98. The molecule has 2 N–H and O–H groups in total. The zero-order valence-electron chi connectivity index (χ0n) is 10.6. The van der Waals surface area contributed by atoms with Gasteiger partial charge in [-0.15, -0.1) is 0 Å². The molecule has 1 fully saturated rings. The minimum atomic E-state index is -0.595. The third-order valence-corrected chi connectivity index (χ3v) is 3.17. The molecule has 7 nitrogen and oxygen atoms in total. The Balaban J connectivity index is 2.42. The zero-order valence-corrected chi connectivity index (χ0v) is 10.6. The van der Waals surface area contributed by atoms with Crippen LogP contribution in [0.25, 0.3) is 0 Å². The van der Waals surface area contributed by atoms with Crippen molar-refractivity contribution < 1.29 is 14.5 Å². The Hall–Kier alpha value is -2.31. The average Bonchev–Trinajstić information content (AvgIpc) is 2.91. The van der Waals surface area contributed by atoms with Gasteiger partial charge in [-0.1, -0.05) is 0 Å². The zero-order chi connectivity index (χ0) is 14.0. The molecule has 19 heavy (non-hydrogen) atoms. The van der Waals surface area contributed by atoms with Crippen molar-refractivity contribution in [3.63, 3.8) is 0 Å². The third kappa shape index (κ3) is 2.44. The summed E-state index contributed by atoms with van der Waals surface area (Å²) in [4.78, 5) is 24.2. The first-order chi connectivity index (χ1) is 9.04. The van der Waals surface area contributed by atoms with Crippen LogP contribution in [-0.4, -0.2) is 35.9 Å². The van der Waals surface area contributed by atoms with Gasteiger partial charge in [0.05, 0.1) is 23.7 Å². The number of nitrogens with zero attached hydrogens (tertiary/aromatic N) is 2. The summed E-state index contributed by atoms with van der Waals surface area (Å²) in [7, 11) is 1.37. The van der Waals surface area contributed by atoms with Gasteiger partial charge in [0.1, 0.15) is 11.4 Å². The number of nitro groups is 1. The molecule has 0 radical (unpaired) electrons. The quantitative estimate of drug-likeness (QED) is 0.506. The number of nitrogens with two attached hydrogens (primary N) is 1. The van der Waals surface area contributed by atoms with Crippen LogP contribution < -0.4 is 10.5 Å². The van der Waals surface area contributed by atoms with Crippen LogP contribution in [0.1, 0.15) is 23.2 Å². The number of benzene rings is 1. The molecular weight excluding hydrogens is 250 g/mol. The van der Waals surface area contributed by atoms with E-state index >= 15 is 0 Å². The number of carbonyl (C=O) groups excluding carboxylic acids is 1. The normalized spacial score (nSPS) is 14.5. The predicted molar refractivity (Wildman–Crippen MR) is 69.2 cm³/mol. The molecule has 2 rings (SSSR count). The van der Waals surface area contributed by atoms with E-state index in [0.29, 0.717) is 13.1 Å². The maximum absolute atomic E-state index is 12.3. The van der Waals surface area contributed by atoms with Crippen LogP contribution in [0, 0.1) is 10.1 Å². The molecule has 0 aliphatic carbocycles. The number of nitrogen functional groups attached to an aromatic ring is 1. The van der Waals surface area contributed by atoms with E-state index in [1.54, 1.807) is 4.90 Å². The van der Waals surface area contributed by atoms with E-state index in [1.807, 2.05) is 0 Å². The second-order valence-corrected chi connectivity index (χ2v) is 4.37. The van der Waals surface area contributed by atoms with Gasteiger partial charge in [-0.3, -0.25) is 14.9 Å². The van der Waals surface area contributed by atoms with Crippen molar-refractivity contribution in [3.05, 3.63) is 27.8 Å². The molecule has 102 valence electrons. The molecule has 1 saturated heterocycles. The van der Waals surface area contributed by atoms with Crippen molar-refractivity contribution in [1.29, 1.82) is 0 Å². The van der Waals surface area contributed by atoms with Crippen LogP contribution in [0.15, 0.2) is 12.1 Å². The summed E-state index contributed by atoms with van der Waals surface area (Å²) >= 11 is 0. The highest BCUT2D eigenvalue weighted by atomic mass is 16.6. The summed E-state index contributed by atoms with van der Waals surface area (Å²) in [6, 6.07) is 2.51. The van der Waals surface area contributed by atoms with Crippen LogP contribution in [0.3, 0.4) is 0 Å². The number of methoxy groups -OCH3 is 1. The Morgan fingerprint density at radius 1 is 1.42 bits per heavy atom. The molecule has 1 aromatic rings. The standard InChI is InChI=1S/C12H15N3O4/c1-19-11-7-10(15(17)18)9(13)6-8(11)12(16)14-4-2-3-5-14/h6-7H,2-5,13H2,1H3. The second kappa shape index (κ2) is 5.13. The van der Waals surface area contributed by atoms with Gasteiger partial charge in [0.15, 0.2) is 0 Å². The second-order valence-electron chi connectivity index (χ2n) is 4.37. The first kappa shape index (κ1) is 13.1. The fourth-order valence-corrected chi connectivity index (χ4v) is 2.17. The van der Waals surface area contributed by atoms with E-state index in [-0.39, 0.29) is 28.6 Å². The fraction of sp³-hybridized carbons (Fsp3) is 0.417. The molecule has 7 heteroatoms. The van der Waals surface area contributed by atoms with Crippen molar-refractivity contribution in [2.45, 2.75) is 12.8 Å². The van der Waals surface area contributed by atoms with Crippen LogP contribution in [0.4, 0.5) is 11.4 Å². The minimum absolute atomic E-state index is 0.0339. The van der Waals surface area contributed by atoms with E-state index in [1.165, 1.54) is 19.2 Å². The fourth-order valence-electron chi connectivity index (χ4n) is 2.17. The molecule has 1 heterocycles. The molecule has 0 atom stereocenters. The Morgan fingerprint density at radius 3 is 2.58 bits per heavy atom.